The Morgan fingerprint density at radius 2 is 1.74 bits per heavy atom. The molecule has 0 saturated heterocycles. The molecule has 3 aromatic carbocycles. The molecule has 1 heterocycles. The summed E-state index contributed by atoms with van der Waals surface area (Å²) in [6.07, 6.45) is 0.266. The normalized spacial score (nSPS) is 15.9. The molecule has 5 rings (SSSR count). The molecule has 1 aliphatic heterocycles. The molecule has 0 saturated carbocycles. The maximum Gasteiger partial charge on any atom is 0.407 e. The number of likely N-dealkylation sites (N-methyl/N-ethyl adjacent to an activating group) is 1. The predicted octanol–water partition coefficient (Wildman–Crippen LogP) is 4.50. The lowest BCUT2D eigenvalue weighted by Crippen LogP contribution is -2.35. The van der Waals surface area contributed by atoms with Crippen molar-refractivity contribution >= 4 is 11.8 Å². The third-order valence-corrected chi connectivity index (χ3v) is 6.51. The summed E-state index contributed by atoms with van der Waals surface area (Å²) in [5, 5.41) is 6.33. The minimum atomic E-state index is -0.410. The van der Waals surface area contributed by atoms with E-state index in [1.165, 1.54) is 22.3 Å². The van der Waals surface area contributed by atoms with Crippen LogP contribution in [-0.2, 0) is 11.2 Å². The standard InChI is InChI=1S/C28H31N3O3/c1-31(2)14-13-29-20-11-12-27-19(15-20)16-21(34-27)17-30-28(32)33-18-26-24-9-5-3-7-22(24)23-8-4-6-10-25(23)26/h3-12,15,21,26,29H,13-14,16-18H2,1-2H3,(H,30,32). The Morgan fingerprint density at radius 3 is 2.44 bits per heavy atom. The molecule has 6 heteroatoms. The first kappa shape index (κ1) is 22.3. The van der Waals surface area contributed by atoms with Crippen LogP contribution in [-0.4, -0.2) is 57.4 Å². The van der Waals surface area contributed by atoms with E-state index in [0.717, 1.165) is 36.5 Å². The fraction of sp³-hybridized carbons (Fsp3) is 0.321. The molecule has 0 spiro atoms. The smallest absolute Gasteiger partial charge is 0.407 e. The van der Waals surface area contributed by atoms with Crippen LogP contribution in [0.5, 0.6) is 5.75 Å². The quantitative estimate of drug-likeness (QED) is 0.521. The van der Waals surface area contributed by atoms with Crippen molar-refractivity contribution in [2.45, 2.75) is 18.4 Å². The number of alkyl carbamates (subject to hydrolysis) is 1. The lowest BCUT2D eigenvalue weighted by Gasteiger charge is -2.16. The number of carbonyl (C=O) groups excluding carboxylic acids is 1. The molecule has 0 aromatic heterocycles. The van der Waals surface area contributed by atoms with Gasteiger partial charge in [-0.3, -0.25) is 0 Å². The van der Waals surface area contributed by atoms with Crippen molar-refractivity contribution in [3.8, 4) is 16.9 Å². The predicted molar refractivity (Wildman–Crippen MR) is 135 cm³/mol. The highest BCUT2D eigenvalue weighted by Crippen LogP contribution is 2.44. The maximum absolute atomic E-state index is 12.5. The van der Waals surface area contributed by atoms with Gasteiger partial charge in [-0.25, -0.2) is 4.79 Å². The highest BCUT2D eigenvalue weighted by Gasteiger charge is 2.29. The van der Waals surface area contributed by atoms with E-state index in [4.69, 9.17) is 9.47 Å². The van der Waals surface area contributed by atoms with E-state index >= 15 is 0 Å². The molecule has 6 nitrogen and oxygen atoms in total. The number of amides is 1. The Balaban J connectivity index is 1.12. The molecule has 1 unspecified atom stereocenters. The number of fused-ring (bicyclic) bond motifs is 4. The number of hydrogen-bond donors (Lipinski definition) is 2. The average molecular weight is 458 g/mol. The van der Waals surface area contributed by atoms with E-state index in [9.17, 15) is 4.79 Å². The van der Waals surface area contributed by atoms with Gasteiger partial charge in [0.05, 0.1) is 6.54 Å². The zero-order valence-corrected chi connectivity index (χ0v) is 19.7. The molecule has 1 amide bonds. The molecule has 2 aliphatic rings. The molecule has 0 bridgehead atoms. The lowest BCUT2D eigenvalue weighted by molar-refractivity contribution is 0.136. The van der Waals surface area contributed by atoms with Crippen LogP contribution in [0.1, 0.15) is 22.6 Å². The first-order valence-corrected chi connectivity index (χ1v) is 11.9. The van der Waals surface area contributed by atoms with Crippen molar-refractivity contribution in [2.75, 3.05) is 45.7 Å². The average Bonchev–Trinajstić information content (AvgIpc) is 3.39. The van der Waals surface area contributed by atoms with Crippen LogP contribution in [0.15, 0.2) is 66.7 Å². The third-order valence-electron chi connectivity index (χ3n) is 6.51. The minimum absolute atomic E-state index is 0.0588. The number of nitrogens with one attached hydrogen (secondary N) is 2. The van der Waals surface area contributed by atoms with Crippen LogP contribution in [0.3, 0.4) is 0 Å². The summed E-state index contributed by atoms with van der Waals surface area (Å²) in [6, 6.07) is 22.9. The fourth-order valence-corrected chi connectivity index (χ4v) is 4.81. The van der Waals surface area contributed by atoms with Gasteiger partial charge in [0, 0.05) is 31.1 Å². The van der Waals surface area contributed by atoms with Crippen LogP contribution < -0.4 is 15.4 Å². The van der Waals surface area contributed by atoms with E-state index in [0.29, 0.717) is 13.2 Å². The highest BCUT2D eigenvalue weighted by atomic mass is 16.5. The molecule has 176 valence electrons. The van der Waals surface area contributed by atoms with E-state index in [1.807, 2.05) is 36.4 Å². The number of benzene rings is 3. The SMILES string of the molecule is CN(C)CCNc1ccc2c(c1)CC(CNC(=O)OCC1c3ccccc3-c3ccccc31)O2. The van der Waals surface area contributed by atoms with Crippen molar-refractivity contribution in [1.29, 1.82) is 0 Å². The van der Waals surface area contributed by atoms with E-state index < -0.39 is 6.09 Å². The number of hydrogen-bond acceptors (Lipinski definition) is 5. The van der Waals surface area contributed by atoms with Crippen molar-refractivity contribution in [2.24, 2.45) is 0 Å². The number of carbonyl (C=O) groups is 1. The molecule has 34 heavy (non-hydrogen) atoms. The van der Waals surface area contributed by atoms with Gasteiger partial charge >= 0.3 is 6.09 Å². The van der Waals surface area contributed by atoms with Crippen LogP contribution in [0.2, 0.25) is 0 Å². The second-order valence-corrected chi connectivity index (χ2v) is 9.20. The minimum Gasteiger partial charge on any atom is -0.488 e. The van der Waals surface area contributed by atoms with Crippen LogP contribution in [0.4, 0.5) is 10.5 Å². The Bertz CT molecular complexity index is 1130. The Kier molecular flexibility index (Phi) is 6.41. The van der Waals surface area contributed by atoms with Gasteiger partial charge in [0.15, 0.2) is 0 Å². The fourth-order valence-electron chi connectivity index (χ4n) is 4.81. The molecular weight excluding hydrogens is 426 g/mol. The summed E-state index contributed by atoms with van der Waals surface area (Å²) in [5.41, 5.74) is 7.12. The lowest BCUT2D eigenvalue weighted by atomic mass is 9.98. The van der Waals surface area contributed by atoms with Gasteiger partial charge in [0.1, 0.15) is 18.5 Å². The second kappa shape index (κ2) is 9.77. The summed E-state index contributed by atoms with van der Waals surface area (Å²) in [4.78, 5) is 14.6. The first-order valence-electron chi connectivity index (χ1n) is 11.9. The number of rotatable bonds is 8. The second-order valence-electron chi connectivity index (χ2n) is 9.20. The van der Waals surface area contributed by atoms with Crippen LogP contribution in [0.25, 0.3) is 11.1 Å². The number of anilines is 1. The van der Waals surface area contributed by atoms with Gasteiger partial charge in [-0.1, -0.05) is 48.5 Å². The zero-order valence-electron chi connectivity index (χ0n) is 19.7. The van der Waals surface area contributed by atoms with Gasteiger partial charge in [-0.05, 0) is 60.1 Å². The molecule has 0 radical (unpaired) electrons. The Labute approximate surface area is 200 Å². The summed E-state index contributed by atoms with van der Waals surface area (Å²) < 4.78 is 11.7. The Hall–Kier alpha value is -3.51. The van der Waals surface area contributed by atoms with E-state index in [-0.39, 0.29) is 12.0 Å². The molecule has 1 atom stereocenters. The van der Waals surface area contributed by atoms with Gasteiger partial charge < -0.3 is 25.0 Å². The largest absolute Gasteiger partial charge is 0.488 e. The summed E-state index contributed by atoms with van der Waals surface area (Å²) >= 11 is 0. The topological polar surface area (TPSA) is 62.8 Å². The summed E-state index contributed by atoms with van der Waals surface area (Å²) in [7, 11) is 4.12. The van der Waals surface area contributed by atoms with Crippen molar-refractivity contribution in [3.63, 3.8) is 0 Å². The Morgan fingerprint density at radius 1 is 1.03 bits per heavy atom. The zero-order chi connectivity index (χ0) is 23.5. The molecule has 3 aromatic rings. The summed E-state index contributed by atoms with van der Waals surface area (Å²) in [5.74, 6) is 0.945. The van der Waals surface area contributed by atoms with Gasteiger partial charge in [-0.2, -0.15) is 0 Å². The highest BCUT2D eigenvalue weighted by molar-refractivity contribution is 5.79. The van der Waals surface area contributed by atoms with E-state index in [1.54, 1.807) is 0 Å². The monoisotopic (exact) mass is 457 g/mol. The molecular formula is C28H31N3O3. The van der Waals surface area contributed by atoms with Crippen molar-refractivity contribution < 1.29 is 14.3 Å². The van der Waals surface area contributed by atoms with Crippen molar-refractivity contribution in [1.82, 2.24) is 10.2 Å². The molecule has 2 N–H and O–H groups in total. The first-order chi connectivity index (χ1) is 16.6. The summed E-state index contributed by atoms with van der Waals surface area (Å²) in [6.45, 7) is 2.59. The van der Waals surface area contributed by atoms with Gasteiger partial charge in [0.25, 0.3) is 0 Å². The van der Waals surface area contributed by atoms with Gasteiger partial charge in [0.2, 0.25) is 0 Å². The van der Waals surface area contributed by atoms with E-state index in [2.05, 4.69) is 60.0 Å². The molecule has 1 aliphatic carbocycles. The van der Waals surface area contributed by atoms with Gasteiger partial charge in [-0.15, -0.1) is 0 Å². The third kappa shape index (κ3) is 4.73. The maximum atomic E-state index is 12.5. The number of nitrogens with zero attached hydrogens (tertiary/aromatic N) is 1. The van der Waals surface area contributed by atoms with Crippen LogP contribution in [0, 0.1) is 0 Å². The number of ether oxygens (including phenoxy) is 2. The van der Waals surface area contributed by atoms with Crippen molar-refractivity contribution in [3.05, 3.63) is 83.4 Å². The molecule has 0 fully saturated rings. The van der Waals surface area contributed by atoms with Crippen LogP contribution >= 0.6 is 0 Å².